The Bertz CT molecular complexity index is 787. The summed E-state index contributed by atoms with van der Waals surface area (Å²) in [5.41, 5.74) is 0.550. The first-order chi connectivity index (χ1) is 12.1. The van der Waals surface area contributed by atoms with Crippen molar-refractivity contribution in [2.24, 2.45) is 0 Å². The summed E-state index contributed by atoms with van der Waals surface area (Å²) in [6, 6.07) is 5.25. The molecule has 2 aromatic heterocycles. The molecule has 2 N–H and O–H groups in total. The molecule has 0 radical (unpaired) electrons. The number of nitrogens with zero attached hydrogens (tertiary/aromatic N) is 6. The predicted octanol–water partition coefficient (Wildman–Crippen LogP) is 0.973. The number of nitriles is 1. The Labute approximate surface area is 145 Å². The second-order valence-electron chi connectivity index (χ2n) is 5.91. The predicted molar refractivity (Wildman–Crippen MR) is 90.8 cm³/mol. The summed E-state index contributed by atoms with van der Waals surface area (Å²) in [6.07, 6.45) is 1.68. The van der Waals surface area contributed by atoms with E-state index in [4.69, 9.17) is 0 Å². The summed E-state index contributed by atoms with van der Waals surface area (Å²) < 4.78 is 0. The molecule has 1 unspecified atom stereocenters. The normalized spacial score (nSPS) is 15.6. The number of aromatic amines is 1. The number of carbonyl (C=O) groups is 1. The number of aryl methyl sites for hydroxylation is 1. The van der Waals surface area contributed by atoms with Crippen molar-refractivity contribution in [1.29, 1.82) is 5.26 Å². The zero-order chi connectivity index (χ0) is 17.8. The lowest BCUT2D eigenvalue weighted by molar-refractivity contribution is 0.190. The van der Waals surface area contributed by atoms with Gasteiger partial charge in [-0.15, -0.1) is 0 Å². The fraction of sp³-hybridized carbons (Fsp3) is 0.438. The van der Waals surface area contributed by atoms with Gasteiger partial charge in [-0.3, -0.25) is 5.10 Å². The van der Waals surface area contributed by atoms with E-state index in [1.54, 1.807) is 23.2 Å². The van der Waals surface area contributed by atoms with Crippen LogP contribution in [0.1, 0.15) is 30.2 Å². The van der Waals surface area contributed by atoms with Crippen LogP contribution >= 0.6 is 0 Å². The zero-order valence-electron chi connectivity index (χ0n) is 14.2. The molecule has 2 amide bonds. The van der Waals surface area contributed by atoms with Crippen molar-refractivity contribution in [3.63, 3.8) is 0 Å². The summed E-state index contributed by atoms with van der Waals surface area (Å²) in [4.78, 5) is 24.7. The molecule has 9 heteroatoms. The second kappa shape index (κ2) is 7.17. The van der Waals surface area contributed by atoms with Crippen LogP contribution in [0.4, 0.5) is 10.6 Å². The number of nitrogens with one attached hydrogen (secondary N) is 2. The summed E-state index contributed by atoms with van der Waals surface area (Å²) in [7, 11) is 0. The van der Waals surface area contributed by atoms with Gasteiger partial charge < -0.3 is 15.1 Å². The fourth-order valence-electron chi connectivity index (χ4n) is 2.75. The highest BCUT2D eigenvalue weighted by Crippen LogP contribution is 2.18. The number of H-pyrrole nitrogens is 1. The van der Waals surface area contributed by atoms with Crippen LogP contribution in [0, 0.1) is 18.3 Å². The molecule has 0 aliphatic carbocycles. The Hall–Kier alpha value is -3.15. The van der Waals surface area contributed by atoms with E-state index < -0.39 is 0 Å². The van der Waals surface area contributed by atoms with Crippen molar-refractivity contribution in [3.05, 3.63) is 35.5 Å². The van der Waals surface area contributed by atoms with Crippen molar-refractivity contribution in [3.8, 4) is 6.07 Å². The van der Waals surface area contributed by atoms with E-state index in [2.05, 4.69) is 31.6 Å². The molecular formula is C16H20N8O. The standard InChI is InChI=1S/C16H20N8O/c1-11(14-20-12(2)21-22-14)19-16(25)24-8-6-23(7-9-24)15-13(10-17)4-3-5-18-15/h3-5,11H,6-9H2,1-2H3,(H,19,25)(H,20,21,22). The Morgan fingerprint density at radius 2 is 2.16 bits per heavy atom. The maximum atomic E-state index is 12.4. The van der Waals surface area contributed by atoms with Gasteiger partial charge in [-0.05, 0) is 26.0 Å². The first-order valence-corrected chi connectivity index (χ1v) is 8.13. The van der Waals surface area contributed by atoms with Gasteiger partial charge in [-0.1, -0.05) is 0 Å². The van der Waals surface area contributed by atoms with Crippen molar-refractivity contribution in [2.45, 2.75) is 19.9 Å². The summed E-state index contributed by atoms with van der Waals surface area (Å²) in [5, 5.41) is 18.9. The van der Waals surface area contributed by atoms with Crippen molar-refractivity contribution >= 4 is 11.8 Å². The molecule has 3 heterocycles. The van der Waals surface area contributed by atoms with Crippen LogP contribution in [-0.2, 0) is 0 Å². The van der Waals surface area contributed by atoms with Gasteiger partial charge in [0.05, 0.1) is 11.6 Å². The maximum Gasteiger partial charge on any atom is 0.318 e. The van der Waals surface area contributed by atoms with Gasteiger partial charge in [0, 0.05) is 32.4 Å². The number of aromatic nitrogens is 4. The van der Waals surface area contributed by atoms with E-state index >= 15 is 0 Å². The van der Waals surface area contributed by atoms with Gasteiger partial charge in [0.2, 0.25) is 0 Å². The van der Waals surface area contributed by atoms with Crippen LogP contribution in [0.25, 0.3) is 0 Å². The average molecular weight is 340 g/mol. The van der Waals surface area contributed by atoms with E-state index in [0.717, 1.165) is 0 Å². The molecule has 1 fully saturated rings. The van der Waals surface area contributed by atoms with Crippen molar-refractivity contribution in [2.75, 3.05) is 31.1 Å². The molecule has 0 aromatic carbocycles. The topological polar surface area (TPSA) is 114 Å². The number of amides is 2. The lowest BCUT2D eigenvalue weighted by atomic mass is 10.2. The Balaban J connectivity index is 1.57. The number of hydrogen-bond acceptors (Lipinski definition) is 6. The molecule has 0 spiro atoms. The molecule has 0 bridgehead atoms. The van der Waals surface area contributed by atoms with Crippen LogP contribution in [0.2, 0.25) is 0 Å². The first kappa shape index (κ1) is 16.7. The van der Waals surface area contributed by atoms with E-state index in [-0.39, 0.29) is 12.1 Å². The molecular weight excluding hydrogens is 320 g/mol. The molecule has 0 saturated carbocycles. The smallest absolute Gasteiger partial charge is 0.318 e. The van der Waals surface area contributed by atoms with Gasteiger partial charge in [0.1, 0.15) is 17.7 Å². The van der Waals surface area contributed by atoms with Gasteiger partial charge in [0.15, 0.2) is 5.82 Å². The summed E-state index contributed by atoms with van der Waals surface area (Å²) in [5.74, 6) is 1.96. The average Bonchev–Trinajstić information content (AvgIpc) is 3.08. The maximum absolute atomic E-state index is 12.4. The molecule has 3 rings (SSSR count). The number of carbonyl (C=O) groups excluding carboxylic acids is 1. The number of pyridine rings is 1. The lowest BCUT2D eigenvalue weighted by Crippen LogP contribution is -2.52. The summed E-state index contributed by atoms with van der Waals surface area (Å²) in [6.45, 7) is 6.06. The highest BCUT2D eigenvalue weighted by atomic mass is 16.2. The fourth-order valence-corrected chi connectivity index (χ4v) is 2.75. The second-order valence-corrected chi connectivity index (χ2v) is 5.91. The number of rotatable bonds is 3. The number of anilines is 1. The Morgan fingerprint density at radius 1 is 1.40 bits per heavy atom. The molecule has 2 aromatic rings. The van der Waals surface area contributed by atoms with E-state index in [1.807, 2.05) is 18.7 Å². The van der Waals surface area contributed by atoms with Gasteiger partial charge >= 0.3 is 6.03 Å². The third-order valence-electron chi connectivity index (χ3n) is 4.12. The van der Waals surface area contributed by atoms with Crippen molar-refractivity contribution in [1.82, 2.24) is 30.4 Å². The molecule has 1 saturated heterocycles. The number of piperazine rings is 1. The third kappa shape index (κ3) is 3.68. The quantitative estimate of drug-likeness (QED) is 0.861. The minimum atomic E-state index is -0.267. The minimum Gasteiger partial charge on any atom is -0.352 e. The molecule has 1 aliphatic rings. The van der Waals surface area contributed by atoms with Gasteiger partial charge in [-0.25, -0.2) is 14.8 Å². The van der Waals surface area contributed by atoms with Crippen LogP contribution < -0.4 is 10.2 Å². The highest BCUT2D eigenvalue weighted by Gasteiger charge is 2.25. The minimum absolute atomic E-state index is 0.142. The van der Waals surface area contributed by atoms with Crippen LogP contribution in [0.3, 0.4) is 0 Å². The Morgan fingerprint density at radius 3 is 2.80 bits per heavy atom. The highest BCUT2D eigenvalue weighted by molar-refractivity contribution is 5.75. The van der Waals surface area contributed by atoms with E-state index in [1.165, 1.54) is 0 Å². The zero-order valence-corrected chi connectivity index (χ0v) is 14.2. The van der Waals surface area contributed by atoms with Crippen LogP contribution in [-0.4, -0.2) is 57.3 Å². The first-order valence-electron chi connectivity index (χ1n) is 8.13. The largest absolute Gasteiger partial charge is 0.352 e. The lowest BCUT2D eigenvalue weighted by Gasteiger charge is -2.36. The van der Waals surface area contributed by atoms with Crippen LogP contribution in [0.15, 0.2) is 18.3 Å². The molecule has 25 heavy (non-hydrogen) atoms. The summed E-state index contributed by atoms with van der Waals surface area (Å²) >= 11 is 0. The number of urea groups is 1. The SMILES string of the molecule is Cc1nc(C(C)NC(=O)N2CCN(c3ncccc3C#N)CC2)n[nH]1. The number of hydrogen-bond donors (Lipinski definition) is 2. The van der Waals surface area contributed by atoms with E-state index in [0.29, 0.717) is 49.2 Å². The third-order valence-corrected chi connectivity index (χ3v) is 4.12. The molecule has 9 nitrogen and oxygen atoms in total. The van der Waals surface area contributed by atoms with Gasteiger partial charge in [-0.2, -0.15) is 10.4 Å². The van der Waals surface area contributed by atoms with E-state index in [9.17, 15) is 10.1 Å². The molecule has 130 valence electrons. The molecule has 1 aliphatic heterocycles. The van der Waals surface area contributed by atoms with Crippen LogP contribution in [0.5, 0.6) is 0 Å². The monoisotopic (exact) mass is 340 g/mol. The Kier molecular flexibility index (Phi) is 4.79. The van der Waals surface area contributed by atoms with Gasteiger partial charge in [0.25, 0.3) is 0 Å². The van der Waals surface area contributed by atoms with Crippen molar-refractivity contribution < 1.29 is 4.79 Å². The molecule has 1 atom stereocenters.